The summed E-state index contributed by atoms with van der Waals surface area (Å²) in [4.78, 5) is 28.8. The minimum absolute atomic E-state index is 0.00743. The number of nitrogens with zero attached hydrogens (tertiary/aromatic N) is 2. The third-order valence-electron chi connectivity index (χ3n) is 6.22. The zero-order valence-electron chi connectivity index (χ0n) is 15.7. The van der Waals surface area contributed by atoms with Crippen molar-refractivity contribution in [1.82, 2.24) is 9.80 Å². The van der Waals surface area contributed by atoms with E-state index in [0.717, 1.165) is 38.8 Å². The second kappa shape index (κ2) is 7.89. The topological polar surface area (TPSA) is 70.1 Å². The van der Waals surface area contributed by atoms with Crippen LogP contribution in [0.3, 0.4) is 0 Å². The molecule has 1 unspecified atom stereocenters. The van der Waals surface area contributed by atoms with Gasteiger partial charge in [-0.1, -0.05) is 6.07 Å². The van der Waals surface area contributed by atoms with Crippen LogP contribution in [-0.4, -0.2) is 65.6 Å². The molecule has 0 radical (unpaired) electrons. The smallest absolute Gasteiger partial charge is 0.260 e. The third-order valence-corrected chi connectivity index (χ3v) is 6.22. The highest BCUT2D eigenvalue weighted by molar-refractivity contribution is 5.94. The number of likely N-dealkylation sites (tertiary alicyclic amines) is 2. The van der Waals surface area contributed by atoms with Gasteiger partial charge in [-0.3, -0.25) is 9.59 Å². The van der Waals surface area contributed by atoms with Crippen molar-refractivity contribution in [1.29, 1.82) is 0 Å². The van der Waals surface area contributed by atoms with E-state index in [4.69, 9.17) is 4.74 Å². The molecule has 2 saturated heterocycles. The van der Waals surface area contributed by atoms with E-state index in [1.807, 2.05) is 9.80 Å². The van der Waals surface area contributed by atoms with Gasteiger partial charge in [-0.2, -0.15) is 0 Å². The lowest BCUT2D eigenvalue weighted by Crippen LogP contribution is -2.47. The molecule has 146 valence electrons. The molecule has 4 rings (SSSR count). The number of piperidine rings is 2. The average molecular weight is 372 g/mol. The van der Waals surface area contributed by atoms with Crippen LogP contribution in [0.15, 0.2) is 24.3 Å². The molecule has 3 atom stereocenters. The summed E-state index contributed by atoms with van der Waals surface area (Å²) in [5.74, 6) is 0.939. The van der Waals surface area contributed by atoms with E-state index >= 15 is 0 Å². The number of fused-ring (bicyclic) bond motifs is 2. The van der Waals surface area contributed by atoms with Crippen molar-refractivity contribution in [2.75, 3.05) is 32.8 Å². The zero-order valence-corrected chi connectivity index (χ0v) is 15.7. The summed E-state index contributed by atoms with van der Waals surface area (Å²) in [6, 6.07) is 7.08. The van der Waals surface area contributed by atoms with Crippen LogP contribution >= 0.6 is 0 Å². The molecule has 27 heavy (non-hydrogen) atoms. The molecule has 2 amide bonds. The van der Waals surface area contributed by atoms with Crippen molar-refractivity contribution in [3.8, 4) is 5.75 Å². The molecule has 6 heteroatoms. The lowest BCUT2D eigenvalue weighted by atomic mass is 9.94. The van der Waals surface area contributed by atoms with Gasteiger partial charge in [0.2, 0.25) is 0 Å². The molecule has 1 aromatic rings. The van der Waals surface area contributed by atoms with Crippen LogP contribution in [0.1, 0.15) is 42.5 Å². The summed E-state index contributed by atoms with van der Waals surface area (Å²) in [7, 11) is 0. The molecule has 1 N–H and O–H groups in total. The van der Waals surface area contributed by atoms with Gasteiger partial charge in [-0.05, 0) is 50.3 Å². The van der Waals surface area contributed by atoms with E-state index in [0.29, 0.717) is 24.4 Å². The Hall–Kier alpha value is -2.08. The van der Waals surface area contributed by atoms with Crippen LogP contribution in [-0.2, 0) is 4.79 Å². The Labute approximate surface area is 160 Å². The number of hydrogen-bond acceptors (Lipinski definition) is 4. The standard InChI is InChI=1S/C21H28N2O4/c24-19(22-9-2-1-3-10-22)14-27-18-6-4-5-15(11-18)21(26)23-12-16-7-8-17(13-23)20(16)25/h4-6,11,16-17,20,25H,1-3,7-10,12-14H2/t16-,17+,20?. The van der Waals surface area contributed by atoms with E-state index in [-0.39, 0.29) is 36.4 Å². The quantitative estimate of drug-likeness (QED) is 0.877. The van der Waals surface area contributed by atoms with E-state index in [2.05, 4.69) is 0 Å². The number of hydrogen-bond donors (Lipinski definition) is 1. The lowest BCUT2D eigenvalue weighted by Gasteiger charge is -2.35. The molecule has 2 bridgehead atoms. The van der Waals surface area contributed by atoms with Crippen LogP contribution in [0.4, 0.5) is 0 Å². The Bertz CT molecular complexity index is 687. The first-order valence-electron chi connectivity index (χ1n) is 10.1. The first-order valence-corrected chi connectivity index (χ1v) is 10.1. The van der Waals surface area contributed by atoms with Crippen LogP contribution < -0.4 is 4.74 Å². The number of amides is 2. The summed E-state index contributed by atoms with van der Waals surface area (Å²) < 4.78 is 5.67. The maximum Gasteiger partial charge on any atom is 0.260 e. The van der Waals surface area contributed by atoms with Gasteiger partial charge in [0.25, 0.3) is 11.8 Å². The second-order valence-electron chi connectivity index (χ2n) is 8.06. The Morgan fingerprint density at radius 3 is 2.44 bits per heavy atom. The average Bonchev–Trinajstić information content (AvgIpc) is 2.92. The maximum absolute atomic E-state index is 12.9. The lowest BCUT2D eigenvalue weighted by molar-refractivity contribution is -0.134. The van der Waals surface area contributed by atoms with Crippen molar-refractivity contribution < 1.29 is 19.4 Å². The first-order chi connectivity index (χ1) is 13.1. The fourth-order valence-electron chi connectivity index (χ4n) is 4.64. The van der Waals surface area contributed by atoms with Crippen molar-refractivity contribution in [3.05, 3.63) is 29.8 Å². The van der Waals surface area contributed by atoms with Gasteiger partial charge in [0.15, 0.2) is 6.61 Å². The number of carbonyl (C=O) groups excluding carboxylic acids is 2. The van der Waals surface area contributed by atoms with Gasteiger partial charge in [0.05, 0.1) is 6.10 Å². The Kier molecular flexibility index (Phi) is 5.34. The van der Waals surface area contributed by atoms with Gasteiger partial charge in [-0.25, -0.2) is 0 Å². The second-order valence-corrected chi connectivity index (χ2v) is 8.06. The summed E-state index contributed by atoms with van der Waals surface area (Å²) in [6.07, 6.45) is 5.04. The predicted molar refractivity (Wildman–Crippen MR) is 100 cm³/mol. The third kappa shape index (κ3) is 3.95. The van der Waals surface area contributed by atoms with Crippen molar-refractivity contribution >= 4 is 11.8 Å². The summed E-state index contributed by atoms with van der Waals surface area (Å²) in [6.45, 7) is 2.87. The first kappa shape index (κ1) is 18.3. The predicted octanol–water partition coefficient (Wildman–Crippen LogP) is 1.92. The highest BCUT2D eigenvalue weighted by Crippen LogP contribution is 2.37. The molecule has 1 aliphatic carbocycles. The minimum Gasteiger partial charge on any atom is -0.484 e. The number of aliphatic hydroxyl groups is 1. The molecule has 0 spiro atoms. The highest BCUT2D eigenvalue weighted by atomic mass is 16.5. The fraction of sp³-hybridized carbons (Fsp3) is 0.619. The summed E-state index contributed by atoms with van der Waals surface area (Å²) >= 11 is 0. The van der Waals surface area contributed by atoms with Crippen LogP contribution in [0.5, 0.6) is 5.75 Å². The highest BCUT2D eigenvalue weighted by Gasteiger charge is 2.42. The normalized spacial score (nSPS) is 27.5. The van der Waals surface area contributed by atoms with Gasteiger partial charge in [0.1, 0.15) is 5.75 Å². The number of carbonyl (C=O) groups is 2. The van der Waals surface area contributed by atoms with Gasteiger partial charge < -0.3 is 19.6 Å². The largest absolute Gasteiger partial charge is 0.484 e. The number of rotatable bonds is 4. The number of ether oxygens (including phenoxy) is 1. The summed E-state index contributed by atoms with van der Waals surface area (Å²) in [5, 5.41) is 10.2. The Morgan fingerprint density at radius 1 is 1.04 bits per heavy atom. The summed E-state index contributed by atoms with van der Waals surface area (Å²) in [5.41, 5.74) is 0.578. The molecule has 6 nitrogen and oxygen atoms in total. The van der Waals surface area contributed by atoms with Crippen LogP contribution in [0, 0.1) is 11.8 Å². The fourth-order valence-corrected chi connectivity index (χ4v) is 4.64. The molecule has 3 fully saturated rings. The molecule has 1 saturated carbocycles. The van der Waals surface area contributed by atoms with Gasteiger partial charge >= 0.3 is 0 Å². The monoisotopic (exact) mass is 372 g/mol. The zero-order chi connectivity index (χ0) is 18.8. The molecule has 2 heterocycles. The molecule has 3 aliphatic rings. The van der Waals surface area contributed by atoms with E-state index in [9.17, 15) is 14.7 Å². The number of benzene rings is 1. The van der Waals surface area contributed by atoms with Crippen LogP contribution in [0.2, 0.25) is 0 Å². The SMILES string of the molecule is O=C(COc1cccc(C(=O)N2C[C@H]3CC[C@@H](C2)C3O)c1)N1CCCCC1. The van der Waals surface area contributed by atoms with Crippen LogP contribution in [0.25, 0.3) is 0 Å². The molecule has 1 aromatic carbocycles. The molecular weight excluding hydrogens is 344 g/mol. The van der Waals surface area contributed by atoms with E-state index in [1.165, 1.54) is 6.42 Å². The number of aliphatic hydroxyl groups excluding tert-OH is 1. The van der Waals surface area contributed by atoms with Gasteiger partial charge in [0, 0.05) is 43.6 Å². The minimum atomic E-state index is -0.260. The molecular formula is C21H28N2O4. The Balaban J connectivity index is 1.36. The van der Waals surface area contributed by atoms with Crippen molar-refractivity contribution in [2.45, 2.75) is 38.2 Å². The Morgan fingerprint density at radius 2 is 1.74 bits per heavy atom. The van der Waals surface area contributed by atoms with E-state index < -0.39 is 0 Å². The van der Waals surface area contributed by atoms with Crippen molar-refractivity contribution in [3.63, 3.8) is 0 Å². The maximum atomic E-state index is 12.9. The molecule has 2 aliphatic heterocycles. The van der Waals surface area contributed by atoms with Crippen molar-refractivity contribution in [2.24, 2.45) is 11.8 Å². The van der Waals surface area contributed by atoms with E-state index in [1.54, 1.807) is 24.3 Å². The van der Waals surface area contributed by atoms with Gasteiger partial charge in [-0.15, -0.1) is 0 Å². The molecule has 0 aromatic heterocycles.